The maximum atomic E-state index is 11.4. The molecule has 0 spiro atoms. The minimum Gasteiger partial charge on any atom is -0.465 e. The number of methoxy groups -OCH3 is 1. The van der Waals surface area contributed by atoms with Gasteiger partial charge < -0.3 is 14.6 Å². The van der Waals surface area contributed by atoms with Crippen LogP contribution in [-0.2, 0) is 11.3 Å². The highest BCUT2D eigenvalue weighted by atomic mass is 16.5. The van der Waals surface area contributed by atoms with Crippen molar-refractivity contribution in [1.29, 1.82) is 0 Å². The van der Waals surface area contributed by atoms with Crippen molar-refractivity contribution >= 4 is 16.9 Å². The Bertz CT molecular complexity index is 543. The van der Waals surface area contributed by atoms with Gasteiger partial charge in [-0.2, -0.15) is 0 Å². The third kappa shape index (κ3) is 2.31. The molecule has 4 nitrogen and oxygen atoms in total. The predicted octanol–water partition coefficient (Wildman–Crippen LogP) is 2.02. The summed E-state index contributed by atoms with van der Waals surface area (Å²) in [4.78, 5) is 16.7. The van der Waals surface area contributed by atoms with Gasteiger partial charge in [0.1, 0.15) is 0 Å². The quantitative estimate of drug-likeness (QED) is 0.823. The zero-order chi connectivity index (χ0) is 12.4. The van der Waals surface area contributed by atoms with E-state index in [1.807, 2.05) is 32.4 Å². The van der Waals surface area contributed by atoms with Crippen LogP contribution in [0, 0.1) is 0 Å². The normalized spacial score (nSPS) is 11.1. The van der Waals surface area contributed by atoms with Crippen molar-refractivity contribution in [2.24, 2.45) is 0 Å². The van der Waals surface area contributed by atoms with Crippen molar-refractivity contribution < 1.29 is 9.53 Å². The number of carbonyl (C=O) groups excluding carboxylic acids is 1. The lowest BCUT2D eigenvalue weighted by atomic mass is 10.1. The number of esters is 1. The Hall–Kier alpha value is -1.81. The fourth-order valence-electron chi connectivity index (χ4n) is 1.90. The molecular weight excluding hydrogens is 216 g/mol. The number of H-pyrrole nitrogens is 1. The van der Waals surface area contributed by atoms with E-state index in [9.17, 15) is 4.79 Å². The molecule has 1 aromatic heterocycles. The molecule has 0 aliphatic carbocycles. The van der Waals surface area contributed by atoms with Gasteiger partial charge in [-0.3, -0.25) is 0 Å². The largest absolute Gasteiger partial charge is 0.465 e. The van der Waals surface area contributed by atoms with E-state index in [0.717, 1.165) is 17.4 Å². The van der Waals surface area contributed by atoms with E-state index in [4.69, 9.17) is 4.74 Å². The van der Waals surface area contributed by atoms with Crippen molar-refractivity contribution in [3.63, 3.8) is 0 Å². The Balaban J connectivity index is 2.41. The molecule has 0 aliphatic heterocycles. The van der Waals surface area contributed by atoms with E-state index in [1.54, 1.807) is 6.07 Å². The molecule has 0 aliphatic rings. The second-order valence-electron chi connectivity index (χ2n) is 4.30. The van der Waals surface area contributed by atoms with Crippen molar-refractivity contribution in [2.45, 2.75) is 6.54 Å². The number of aromatic nitrogens is 1. The van der Waals surface area contributed by atoms with Gasteiger partial charge in [0.15, 0.2) is 0 Å². The number of hydrogen-bond acceptors (Lipinski definition) is 3. The van der Waals surface area contributed by atoms with Crippen molar-refractivity contribution in [3.05, 3.63) is 35.5 Å². The van der Waals surface area contributed by atoms with Gasteiger partial charge in [-0.05, 0) is 31.8 Å². The van der Waals surface area contributed by atoms with Crippen LogP contribution in [0.1, 0.15) is 15.9 Å². The molecule has 0 fully saturated rings. The van der Waals surface area contributed by atoms with Crippen LogP contribution in [0.4, 0.5) is 0 Å². The van der Waals surface area contributed by atoms with E-state index < -0.39 is 0 Å². The van der Waals surface area contributed by atoms with Gasteiger partial charge in [-0.15, -0.1) is 0 Å². The highest BCUT2D eigenvalue weighted by Crippen LogP contribution is 2.20. The molecular formula is C13H16N2O2. The lowest BCUT2D eigenvalue weighted by molar-refractivity contribution is 0.0601. The zero-order valence-electron chi connectivity index (χ0n) is 10.3. The molecule has 1 heterocycles. The number of nitrogens with one attached hydrogen (secondary N) is 1. The highest BCUT2D eigenvalue weighted by Gasteiger charge is 2.09. The van der Waals surface area contributed by atoms with Gasteiger partial charge in [0.2, 0.25) is 0 Å². The maximum absolute atomic E-state index is 11.4. The van der Waals surface area contributed by atoms with Crippen LogP contribution in [0.15, 0.2) is 24.4 Å². The Morgan fingerprint density at radius 2 is 2.18 bits per heavy atom. The molecule has 17 heavy (non-hydrogen) atoms. The van der Waals surface area contributed by atoms with E-state index in [-0.39, 0.29) is 5.97 Å². The number of carbonyl (C=O) groups is 1. The number of benzene rings is 1. The van der Waals surface area contributed by atoms with Gasteiger partial charge in [0, 0.05) is 23.6 Å². The van der Waals surface area contributed by atoms with Gasteiger partial charge in [0.05, 0.1) is 12.7 Å². The molecule has 1 N–H and O–H groups in total. The Labute approximate surface area is 100 Å². The van der Waals surface area contributed by atoms with Crippen LogP contribution >= 0.6 is 0 Å². The minimum absolute atomic E-state index is 0.310. The molecule has 0 radical (unpaired) electrons. The van der Waals surface area contributed by atoms with E-state index >= 15 is 0 Å². The maximum Gasteiger partial charge on any atom is 0.337 e. The van der Waals surface area contributed by atoms with Crippen molar-refractivity contribution in [1.82, 2.24) is 9.88 Å². The van der Waals surface area contributed by atoms with Crippen LogP contribution < -0.4 is 0 Å². The summed E-state index contributed by atoms with van der Waals surface area (Å²) in [5.41, 5.74) is 2.75. The fourth-order valence-corrected chi connectivity index (χ4v) is 1.90. The van der Waals surface area contributed by atoms with E-state index in [1.165, 1.54) is 12.7 Å². The zero-order valence-corrected chi connectivity index (χ0v) is 10.3. The van der Waals surface area contributed by atoms with Gasteiger partial charge in [0.25, 0.3) is 0 Å². The molecule has 90 valence electrons. The van der Waals surface area contributed by atoms with Crippen LogP contribution in [0.3, 0.4) is 0 Å². The van der Waals surface area contributed by atoms with Crippen LogP contribution in [0.2, 0.25) is 0 Å². The van der Waals surface area contributed by atoms with E-state index in [2.05, 4.69) is 9.88 Å². The first-order chi connectivity index (χ1) is 8.11. The molecule has 4 heteroatoms. The minimum atomic E-state index is -0.310. The van der Waals surface area contributed by atoms with Gasteiger partial charge >= 0.3 is 5.97 Å². The van der Waals surface area contributed by atoms with Crippen molar-refractivity contribution in [2.75, 3.05) is 21.2 Å². The summed E-state index contributed by atoms with van der Waals surface area (Å²) in [6.45, 7) is 0.873. The molecule has 0 unspecified atom stereocenters. The third-order valence-electron chi connectivity index (χ3n) is 2.68. The molecule has 0 bridgehead atoms. The number of fused-ring (bicyclic) bond motifs is 1. The number of rotatable bonds is 3. The number of hydrogen-bond donors (Lipinski definition) is 1. The first-order valence-corrected chi connectivity index (χ1v) is 5.45. The molecule has 2 aromatic rings. The third-order valence-corrected chi connectivity index (χ3v) is 2.68. The molecule has 0 amide bonds. The average molecular weight is 232 g/mol. The predicted molar refractivity (Wildman–Crippen MR) is 67.0 cm³/mol. The van der Waals surface area contributed by atoms with Crippen LogP contribution in [0.25, 0.3) is 10.9 Å². The topological polar surface area (TPSA) is 45.3 Å². The summed E-state index contributed by atoms with van der Waals surface area (Å²) in [6, 6.07) is 5.57. The molecule has 0 saturated carbocycles. The van der Waals surface area contributed by atoms with Gasteiger partial charge in [-0.25, -0.2) is 4.79 Å². The number of nitrogens with zero attached hydrogens (tertiary/aromatic N) is 1. The van der Waals surface area contributed by atoms with Crippen LogP contribution in [0.5, 0.6) is 0 Å². The number of ether oxygens (including phenoxy) is 1. The lowest BCUT2D eigenvalue weighted by Gasteiger charge is -2.08. The lowest BCUT2D eigenvalue weighted by Crippen LogP contribution is -2.10. The summed E-state index contributed by atoms with van der Waals surface area (Å²) in [5, 5.41) is 1.14. The Kier molecular flexibility index (Phi) is 3.15. The summed E-state index contributed by atoms with van der Waals surface area (Å²) < 4.78 is 4.70. The van der Waals surface area contributed by atoms with Gasteiger partial charge in [-0.1, -0.05) is 6.07 Å². The molecule has 0 saturated heterocycles. The SMILES string of the molecule is COC(=O)c1ccc2c(CN(C)C)c[nH]c2c1. The second-order valence-corrected chi connectivity index (χ2v) is 4.30. The van der Waals surface area contributed by atoms with Crippen LogP contribution in [-0.4, -0.2) is 37.1 Å². The second kappa shape index (κ2) is 4.59. The summed E-state index contributed by atoms with van der Waals surface area (Å²) in [6.07, 6.45) is 1.98. The van der Waals surface area contributed by atoms with Crippen molar-refractivity contribution in [3.8, 4) is 0 Å². The monoisotopic (exact) mass is 232 g/mol. The average Bonchev–Trinajstić information content (AvgIpc) is 2.70. The smallest absolute Gasteiger partial charge is 0.337 e. The van der Waals surface area contributed by atoms with E-state index in [0.29, 0.717) is 5.56 Å². The molecule has 2 rings (SSSR count). The highest BCUT2D eigenvalue weighted by molar-refractivity contribution is 5.95. The Morgan fingerprint density at radius 1 is 1.41 bits per heavy atom. The molecule has 1 aromatic carbocycles. The summed E-state index contributed by atoms with van der Waals surface area (Å²) in [7, 11) is 5.45. The fraction of sp³-hybridized carbons (Fsp3) is 0.308. The molecule has 0 atom stereocenters. The first kappa shape index (κ1) is 11.7. The summed E-state index contributed by atoms with van der Waals surface area (Å²) >= 11 is 0. The first-order valence-electron chi connectivity index (χ1n) is 5.45. The Morgan fingerprint density at radius 3 is 2.82 bits per heavy atom. The summed E-state index contributed by atoms with van der Waals surface area (Å²) in [5.74, 6) is -0.310. The standard InChI is InChI=1S/C13H16N2O2/c1-15(2)8-10-7-14-12-6-9(13(16)17-3)4-5-11(10)12/h4-7,14H,8H2,1-3H3. The number of aromatic amines is 1.